The Morgan fingerprint density at radius 3 is 2.36 bits per heavy atom. The molecule has 1 N–H and O–H groups in total. The van der Waals surface area contributed by atoms with Crippen LogP contribution in [0.5, 0.6) is 5.88 Å². The Kier molecular flexibility index (Phi) is 11.9. The van der Waals surface area contributed by atoms with Crippen LogP contribution < -0.4 is 28.9 Å². The van der Waals surface area contributed by atoms with Gasteiger partial charge in [0.1, 0.15) is 5.82 Å². The number of pyridine rings is 2. The second-order valence-corrected chi connectivity index (χ2v) is 5.19. The first kappa shape index (κ1) is 21.0. The largest absolute Gasteiger partial charge is 1.00 e. The Hall–Kier alpha value is -1.02. The molecule has 0 unspecified atom stereocenters. The van der Waals surface area contributed by atoms with Crippen LogP contribution in [0, 0.1) is 6.92 Å². The number of hydrogen-bond acceptors (Lipinski definition) is 4. The van der Waals surface area contributed by atoms with E-state index in [0.29, 0.717) is 12.4 Å². The van der Waals surface area contributed by atoms with E-state index in [1.54, 1.807) is 19.5 Å². The molecule has 22 heavy (non-hydrogen) atoms. The second-order valence-electron chi connectivity index (χ2n) is 4.28. The molecule has 0 saturated carbocycles. The monoisotopic (exact) mass is 357 g/mol. The molecule has 2 aromatic rings. The van der Waals surface area contributed by atoms with E-state index in [9.17, 15) is 0 Å². The van der Waals surface area contributed by atoms with E-state index in [4.69, 9.17) is 4.74 Å². The molecule has 0 amide bonds. The Balaban J connectivity index is 0.000000791. The van der Waals surface area contributed by atoms with Crippen molar-refractivity contribution >= 4 is 21.7 Å². The summed E-state index contributed by atoms with van der Waals surface area (Å²) in [4.78, 5) is 8.36. The summed E-state index contributed by atoms with van der Waals surface area (Å²) in [5.74, 6) is 1.46. The molecule has 6 heteroatoms. The zero-order chi connectivity index (χ0) is 15.5. The van der Waals surface area contributed by atoms with Crippen LogP contribution in [0.1, 0.15) is 25.3 Å². The van der Waals surface area contributed by atoms with Crippen LogP contribution in [-0.2, 0) is 6.54 Å². The zero-order valence-electron chi connectivity index (χ0n) is 13.5. The molecule has 2 heterocycles. The number of nitrogens with zero attached hydrogens (tertiary/aromatic N) is 2. The number of rotatable bonds is 5. The molecule has 4 nitrogen and oxygen atoms in total. The third kappa shape index (κ3) is 8.43. The third-order valence-corrected chi connectivity index (χ3v) is 3.03. The molecule has 2 aromatic heterocycles. The number of unbranched alkanes of at least 4 members (excludes halogenated alkanes) is 1. The van der Waals surface area contributed by atoms with Crippen molar-refractivity contribution in [2.24, 2.45) is 0 Å². The van der Waals surface area contributed by atoms with Gasteiger partial charge in [-0.05, 0) is 33.6 Å². The number of nitrogens with one attached hydrogen (secondary N) is 1. The SMILES string of the molecule is COc1ccc(CNc2ccc(Br)cn2)cn1.[CH2-]CCC.[Li+]. The fourth-order valence-electron chi connectivity index (χ4n) is 1.31. The van der Waals surface area contributed by atoms with Crippen molar-refractivity contribution < 1.29 is 23.6 Å². The molecule has 0 bridgehead atoms. The fraction of sp³-hybridized carbons (Fsp3) is 0.312. The molecule has 0 atom stereocenters. The summed E-state index contributed by atoms with van der Waals surface area (Å²) in [6, 6.07) is 7.67. The molecule has 114 valence electrons. The molecule has 0 aromatic carbocycles. The van der Waals surface area contributed by atoms with Gasteiger partial charge in [0.05, 0.1) is 7.11 Å². The molecular formula is C16H21BrLiN3O. The molecule has 2 rings (SSSR count). The summed E-state index contributed by atoms with van der Waals surface area (Å²) < 4.78 is 5.96. The minimum Gasteiger partial charge on any atom is -0.481 e. The van der Waals surface area contributed by atoms with Gasteiger partial charge in [-0.15, -0.1) is 0 Å². The maximum atomic E-state index is 5.00. The summed E-state index contributed by atoms with van der Waals surface area (Å²) in [5.41, 5.74) is 1.08. The molecule has 0 radical (unpaired) electrons. The van der Waals surface area contributed by atoms with Crippen molar-refractivity contribution in [2.45, 2.75) is 26.3 Å². The number of aromatic nitrogens is 2. The summed E-state index contributed by atoms with van der Waals surface area (Å²) >= 11 is 3.34. The van der Waals surface area contributed by atoms with Crippen LogP contribution in [0.15, 0.2) is 41.1 Å². The maximum absolute atomic E-state index is 5.00. The van der Waals surface area contributed by atoms with Gasteiger partial charge >= 0.3 is 18.9 Å². The number of methoxy groups -OCH3 is 1. The van der Waals surface area contributed by atoms with E-state index >= 15 is 0 Å². The normalized spacial score (nSPS) is 9.09. The molecular weight excluding hydrogens is 337 g/mol. The summed E-state index contributed by atoms with van der Waals surface area (Å²) in [7, 11) is 1.60. The van der Waals surface area contributed by atoms with E-state index in [1.807, 2.05) is 24.3 Å². The molecule has 0 spiro atoms. The standard InChI is InChI=1S/C12H12BrN3O.C4H9.Li/c1-17-12-5-2-9(7-16-12)6-14-11-4-3-10(13)8-15-11;1-3-4-2;/h2-5,7-8H,6H2,1H3,(H,14,15);1,3-4H2,2H3;/q;-1;+1. The van der Waals surface area contributed by atoms with E-state index in [1.165, 1.54) is 6.42 Å². The van der Waals surface area contributed by atoms with Crippen LogP contribution in [0.2, 0.25) is 0 Å². The first-order chi connectivity index (χ1) is 10.2. The van der Waals surface area contributed by atoms with E-state index in [-0.39, 0.29) is 18.9 Å². The van der Waals surface area contributed by atoms with Gasteiger partial charge in [-0.3, -0.25) is 0 Å². The molecule has 0 aliphatic rings. The summed E-state index contributed by atoms with van der Waals surface area (Å²) in [6.45, 7) is 6.41. The first-order valence-corrected chi connectivity index (χ1v) is 7.62. The van der Waals surface area contributed by atoms with Crippen molar-refractivity contribution in [2.75, 3.05) is 12.4 Å². The van der Waals surface area contributed by atoms with Gasteiger partial charge in [0.25, 0.3) is 0 Å². The molecule has 0 aliphatic heterocycles. The molecule has 0 saturated heterocycles. The van der Waals surface area contributed by atoms with Crippen molar-refractivity contribution in [1.82, 2.24) is 9.97 Å². The van der Waals surface area contributed by atoms with Crippen molar-refractivity contribution in [1.29, 1.82) is 0 Å². The van der Waals surface area contributed by atoms with Crippen molar-refractivity contribution in [3.63, 3.8) is 0 Å². The second kappa shape index (κ2) is 12.5. The average molecular weight is 358 g/mol. The van der Waals surface area contributed by atoms with Crippen LogP contribution in [0.4, 0.5) is 5.82 Å². The first-order valence-electron chi connectivity index (χ1n) is 6.83. The number of hydrogen-bond donors (Lipinski definition) is 1. The van der Waals surface area contributed by atoms with Gasteiger partial charge in [0, 0.05) is 29.5 Å². The van der Waals surface area contributed by atoms with Gasteiger partial charge in [-0.1, -0.05) is 19.4 Å². The maximum Gasteiger partial charge on any atom is 1.00 e. The van der Waals surface area contributed by atoms with Gasteiger partial charge in [-0.2, -0.15) is 6.42 Å². The fourth-order valence-corrected chi connectivity index (χ4v) is 1.54. The number of ether oxygens (including phenoxy) is 1. The van der Waals surface area contributed by atoms with Crippen LogP contribution in [-0.4, -0.2) is 17.1 Å². The molecule has 0 aliphatic carbocycles. The van der Waals surface area contributed by atoms with Gasteiger partial charge < -0.3 is 17.0 Å². The number of halogens is 1. The molecule has 0 fully saturated rings. The minimum atomic E-state index is 0. The van der Waals surface area contributed by atoms with Crippen molar-refractivity contribution in [3.8, 4) is 5.88 Å². The van der Waals surface area contributed by atoms with E-state index < -0.39 is 0 Å². The van der Waals surface area contributed by atoms with E-state index in [2.05, 4.69) is 45.1 Å². The predicted octanol–water partition coefficient (Wildman–Crippen LogP) is 1.48. The van der Waals surface area contributed by atoms with Crippen LogP contribution >= 0.6 is 15.9 Å². The van der Waals surface area contributed by atoms with Gasteiger partial charge in [0.15, 0.2) is 0 Å². The number of anilines is 1. The smallest absolute Gasteiger partial charge is 0.481 e. The third-order valence-electron chi connectivity index (χ3n) is 2.56. The minimum absolute atomic E-state index is 0. The van der Waals surface area contributed by atoms with Crippen LogP contribution in [0.25, 0.3) is 0 Å². The Morgan fingerprint density at radius 1 is 1.18 bits per heavy atom. The summed E-state index contributed by atoms with van der Waals surface area (Å²) in [5, 5.41) is 3.21. The van der Waals surface area contributed by atoms with Crippen molar-refractivity contribution in [3.05, 3.63) is 53.6 Å². The van der Waals surface area contributed by atoms with E-state index in [0.717, 1.165) is 22.3 Å². The quantitative estimate of drug-likeness (QED) is 0.650. The Morgan fingerprint density at radius 2 is 1.91 bits per heavy atom. The van der Waals surface area contributed by atoms with Gasteiger partial charge in [0.2, 0.25) is 5.88 Å². The Bertz CT molecular complexity index is 504. The predicted molar refractivity (Wildman–Crippen MR) is 90.3 cm³/mol. The summed E-state index contributed by atoms with van der Waals surface area (Å²) in [6.07, 6.45) is 5.82. The topological polar surface area (TPSA) is 47.0 Å². The average Bonchev–Trinajstić information content (AvgIpc) is 2.55. The zero-order valence-corrected chi connectivity index (χ0v) is 15.1. The van der Waals surface area contributed by atoms with Gasteiger partial charge in [-0.25, -0.2) is 9.97 Å². The Labute approximate surface area is 153 Å². The van der Waals surface area contributed by atoms with Crippen LogP contribution in [0.3, 0.4) is 0 Å².